The van der Waals surface area contributed by atoms with Gasteiger partial charge in [-0.05, 0) is 19.1 Å². The second-order valence-corrected chi connectivity index (χ2v) is 4.90. The van der Waals surface area contributed by atoms with E-state index < -0.39 is 4.92 Å². The monoisotopic (exact) mass is 325 g/mol. The topological polar surface area (TPSA) is 85.9 Å². The Bertz CT molecular complexity index is 626. The van der Waals surface area contributed by atoms with Gasteiger partial charge in [0.2, 0.25) is 5.82 Å². The van der Waals surface area contributed by atoms with E-state index >= 15 is 0 Å². The van der Waals surface area contributed by atoms with E-state index in [2.05, 4.69) is 31.3 Å². The molecule has 100 valence electrons. The van der Waals surface area contributed by atoms with Crippen molar-refractivity contribution in [2.75, 3.05) is 5.32 Å². The van der Waals surface area contributed by atoms with Gasteiger partial charge in [-0.2, -0.15) is 5.10 Å². The van der Waals surface area contributed by atoms with Gasteiger partial charge in [0.1, 0.15) is 5.69 Å². The Labute approximate surface area is 117 Å². The first-order chi connectivity index (χ1) is 8.99. The zero-order chi connectivity index (χ0) is 14.0. The van der Waals surface area contributed by atoms with Crippen LogP contribution in [-0.4, -0.2) is 19.7 Å². The number of hydrogen-bond donors (Lipinski definition) is 1. The molecule has 0 spiro atoms. The Morgan fingerprint density at radius 2 is 2.32 bits per heavy atom. The highest BCUT2D eigenvalue weighted by atomic mass is 79.9. The lowest BCUT2D eigenvalue weighted by molar-refractivity contribution is -0.384. The summed E-state index contributed by atoms with van der Waals surface area (Å²) in [6.45, 7) is 2.00. The van der Waals surface area contributed by atoms with Gasteiger partial charge in [0.05, 0.1) is 17.2 Å². The Morgan fingerprint density at radius 3 is 2.95 bits per heavy atom. The van der Waals surface area contributed by atoms with Crippen LogP contribution in [0.1, 0.15) is 11.4 Å². The van der Waals surface area contributed by atoms with Crippen molar-refractivity contribution in [3.05, 3.63) is 44.3 Å². The average Bonchev–Trinajstić information content (AvgIpc) is 2.61. The highest BCUT2D eigenvalue weighted by Gasteiger charge is 2.23. The van der Waals surface area contributed by atoms with Crippen molar-refractivity contribution in [3.8, 4) is 0 Å². The van der Waals surface area contributed by atoms with E-state index in [0.717, 1.165) is 10.2 Å². The summed E-state index contributed by atoms with van der Waals surface area (Å²) in [6, 6.07) is 3.67. The first-order valence-corrected chi connectivity index (χ1v) is 6.30. The molecular formula is C11H12BrN5O2. The van der Waals surface area contributed by atoms with Crippen LogP contribution in [0.4, 0.5) is 11.5 Å². The summed E-state index contributed by atoms with van der Waals surface area (Å²) in [4.78, 5) is 14.8. The van der Waals surface area contributed by atoms with E-state index in [0.29, 0.717) is 18.1 Å². The molecule has 0 aliphatic carbocycles. The lowest BCUT2D eigenvalue weighted by atomic mass is 10.3. The number of anilines is 1. The van der Waals surface area contributed by atoms with Crippen molar-refractivity contribution in [2.45, 2.75) is 13.5 Å². The first-order valence-electron chi connectivity index (χ1n) is 5.51. The molecule has 2 aromatic rings. The van der Waals surface area contributed by atoms with Crippen molar-refractivity contribution < 1.29 is 4.92 Å². The van der Waals surface area contributed by atoms with Gasteiger partial charge >= 0.3 is 5.69 Å². The van der Waals surface area contributed by atoms with E-state index in [1.165, 1.54) is 4.68 Å². The van der Waals surface area contributed by atoms with Crippen LogP contribution >= 0.6 is 15.9 Å². The molecule has 0 fully saturated rings. The fourth-order valence-corrected chi connectivity index (χ4v) is 2.17. The lowest BCUT2D eigenvalue weighted by Gasteiger charge is -2.05. The number of nitrogens with zero attached hydrogens (tertiary/aromatic N) is 4. The second kappa shape index (κ2) is 5.35. The molecule has 1 N–H and O–H groups in total. The fraction of sp³-hybridized carbons (Fsp3) is 0.273. The van der Waals surface area contributed by atoms with Gasteiger partial charge in [0.25, 0.3) is 0 Å². The van der Waals surface area contributed by atoms with Crippen LogP contribution < -0.4 is 5.32 Å². The van der Waals surface area contributed by atoms with Crippen molar-refractivity contribution in [1.82, 2.24) is 14.8 Å². The smallest absolute Gasteiger partial charge is 0.333 e. The van der Waals surface area contributed by atoms with Crippen molar-refractivity contribution in [1.29, 1.82) is 0 Å². The zero-order valence-electron chi connectivity index (χ0n) is 10.4. The molecule has 0 amide bonds. The number of nitrogens with one attached hydrogen (secondary N) is 1. The quantitative estimate of drug-likeness (QED) is 0.689. The summed E-state index contributed by atoms with van der Waals surface area (Å²) in [5.41, 5.74) is 1.16. The van der Waals surface area contributed by atoms with E-state index in [-0.39, 0.29) is 5.69 Å². The minimum absolute atomic E-state index is 0.00232. The molecule has 0 aliphatic rings. The Kier molecular flexibility index (Phi) is 3.79. The molecule has 0 radical (unpaired) electrons. The zero-order valence-corrected chi connectivity index (χ0v) is 12.0. The van der Waals surface area contributed by atoms with E-state index in [1.807, 2.05) is 12.1 Å². The van der Waals surface area contributed by atoms with Crippen LogP contribution in [0, 0.1) is 17.0 Å². The number of hydrogen-bond acceptors (Lipinski definition) is 5. The number of aromatic nitrogens is 3. The van der Waals surface area contributed by atoms with Crippen LogP contribution in [0.15, 0.2) is 22.8 Å². The minimum atomic E-state index is -0.432. The van der Waals surface area contributed by atoms with Crippen LogP contribution in [0.5, 0.6) is 0 Å². The fourth-order valence-electron chi connectivity index (χ4n) is 1.78. The molecule has 8 heteroatoms. The molecule has 0 saturated carbocycles. The summed E-state index contributed by atoms with van der Waals surface area (Å²) in [5, 5.41) is 18.1. The Hall–Kier alpha value is -1.96. The van der Waals surface area contributed by atoms with E-state index in [4.69, 9.17) is 0 Å². The molecule has 0 unspecified atom stereocenters. The van der Waals surface area contributed by atoms with E-state index in [1.54, 1.807) is 20.2 Å². The van der Waals surface area contributed by atoms with Gasteiger partial charge < -0.3 is 5.32 Å². The van der Waals surface area contributed by atoms with Crippen LogP contribution in [0.3, 0.4) is 0 Å². The first kappa shape index (κ1) is 13.5. The molecule has 0 saturated heterocycles. The van der Waals surface area contributed by atoms with E-state index in [9.17, 15) is 10.1 Å². The van der Waals surface area contributed by atoms with Gasteiger partial charge in [-0.1, -0.05) is 15.9 Å². The minimum Gasteiger partial charge on any atom is -0.359 e. The maximum absolute atomic E-state index is 11.0. The third kappa shape index (κ3) is 2.90. The van der Waals surface area contributed by atoms with Crippen LogP contribution in [-0.2, 0) is 13.6 Å². The maximum Gasteiger partial charge on any atom is 0.333 e. The summed E-state index contributed by atoms with van der Waals surface area (Å²) in [6.07, 6.45) is 1.67. The van der Waals surface area contributed by atoms with Gasteiger partial charge in [0, 0.05) is 17.7 Å². The maximum atomic E-state index is 11.0. The third-order valence-corrected chi connectivity index (χ3v) is 3.08. The molecule has 0 atom stereocenters. The summed E-state index contributed by atoms with van der Waals surface area (Å²) >= 11 is 3.35. The normalized spacial score (nSPS) is 10.5. The number of aryl methyl sites for hydroxylation is 2. The highest BCUT2D eigenvalue weighted by molar-refractivity contribution is 9.10. The number of halogens is 1. The lowest BCUT2D eigenvalue weighted by Crippen LogP contribution is -2.07. The largest absolute Gasteiger partial charge is 0.359 e. The Balaban J connectivity index is 2.22. The van der Waals surface area contributed by atoms with Crippen molar-refractivity contribution in [2.24, 2.45) is 7.05 Å². The molecule has 2 heterocycles. The average molecular weight is 326 g/mol. The molecule has 2 aromatic heterocycles. The predicted molar refractivity (Wildman–Crippen MR) is 73.9 cm³/mol. The predicted octanol–water partition coefficient (Wildman–Crippen LogP) is 2.41. The van der Waals surface area contributed by atoms with Gasteiger partial charge in [-0.15, -0.1) is 0 Å². The molecule has 7 nitrogen and oxygen atoms in total. The molecule has 19 heavy (non-hydrogen) atoms. The molecule has 0 aliphatic heterocycles. The summed E-state index contributed by atoms with van der Waals surface area (Å²) in [7, 11) is 1.66. The highest BCUT2D eigenvalue weighted by Crippen LogP contribution is 2.27. The van der Waals surface area contributed by atoms with Crippen LogP contribution in [0.2, 0.25) is 0 Å². The third-order valence-electron chi connectivity index (χ3n) is 2.59. The molecular weight excluding hydrogens is 314 g/mol. The van der Waals surface area contributed by atoms with Gasteiger partial charge in [0.15, 0.2) is 0 Å². The van der Waals surface area contributed by atoms with Gasteiger partial charge in [-0.25, -0.2) is 4.68 Å². The molecule has 0 aromatic carbocycles. The van der Waals surface area contributed by atoms with Crippen molar-refractivity contribution in [3.63, 3.8) is 0 Å². The molecule has 2 rings (SSSR count). The summed E-state index contributed by atoms with van der Waals surface area (Å²) in [5.74, 6) is 0.379. The molecule has 0 bridgehead atoms. The van der Waals surface area contributed by atoms with Crippen molar-refractivity contribution >= 4 is 27.4 Å². The number of rotatable bonds is 4. The van der Waals surface area contributed by atoms with Gasteiger partial charge in [-0.3, -0.25) is 15.1 Å². The second-order valence-electron chi connectivity index (χ2n) is 3.98. The number of nitro groups is 1. The summed E-state index contributed by atoms with van der Waals surface area (Å²) < 4.78 is 2.38. The standard InChI is InChI=1S/C11H12BrN5O2/c1-7-10(17(18)19)11(16(2)15-7)14-6-9-5-8(12)3-4-13-9/h3-5,14H,6H2,1-2H3. The Morgan fingerprint density at radius 1 is 1.58 bits per heavy atom. The number of pyridine rings is 1. The van der Waals surface area contributed by atoms with Crippen LogP contribution in [0.25, 0.3) is 0 Å². The SMILES string of the molecule is Cc1nn(C)c(NCc2cc(Br)ccn2)c1[N+](=O)[O-].